The number of fused-ring (bicyclic) bond motifs is 1. The molecular weight excluding hydrogens is 512 g/mol. The zero-order valence-electron chi connectivity index (χ0n) is 21.4. The number of carbonyl (C=O) groups is 1. The molecule has 0 saturated heterocycles. The summed E-state index contributed by atoms with van der Waals surface area (Å²) in [6.45, 7) is 5.63. The van der Waals surface area contributed by atoms with Crippen LogP contribution in [0.2, 0.25) is 0 Å². The molecule has 0 spiro atoms. The first-order valence-electron chi connectivity index (χ1n) is 11.5. The summed E-state index contributed by atoms with van der Waals surface area (Å²) in [6, 6.07) is 12.7. The molecule has 0 bridgehead atoms. The number of rotatable bonds is 4. The molecule has 200 valence electrons. The van der Waals surface area contributed by atoms with Gasteiger partial charge in [0.25, 0.3) is 0 Å². The molecule has 0 aliphatic rings. The fourth-order valence-electron chi connectivity index (χ4n) is 3.32. The number of nitrogens with one attached hydrogen (secondary N) is 1. The molecule has 0 atom stereocenters. The summed E-state index contributed by atoms with van der Waals surface area (Å²) in [5, 5.41) is 3.59. The van der Waals surface area contributed by atoms with Gasteiger partial charge in [-0.05, 0) is 62.7 Å². The van der Waals surface area contributed by atoms with E-state index in [0.717, 1.165) is 34.2 Å². The number of benzene rings is 2. The SMILES string of the molecule is COc1ncc(-c2ccc3nc(N)c(CNC(=O)OC(C)(C)C)cc3c2)cc1N.Fc1ccc(S)c(F)c1. The highest BCUT2D eigenvalue weighted by molar-refractivity contribution is 7.80. The van der Waals surface area contributed by atoms with Gasteiger partial charge < -0.3 is 26.3 Å². The van der Waals surface area contributed by atoms with E-state index in [4.69, 9.17) is 20.9 Å². The van der Waals surface area contributed by atoms with Crippen molar-refractivity contribution in [2.45, 2.75) is 37.8 Å². The first-order valence-corrected chi connectivity index (χ1v) is 11.9. The Labute approximate surface area is 224 Å². The van der Waals surface area contributed by atoms with Crippen LogP contribution in [0.3, 0.4) is 0 Å². The van der Waals surface area contributed by atoms with E-state index in [1.165, 1.54) is 13.2 Å². The number of halogens is 2. The maximum Gasteiger partial charge on any atom is 0.407 e. The van der Waals surface area contributed by atoms with Gasteiger partial charge >= 0.3 is 6.09 Å². The van der Waals surface area contributed by atoms with Crippen molar-refractivity contribution >= 4 is 41.1 Å². The molecule has 4 aromatic rings. The van der Waals surface area contributed by atoms with E-state index in [1.807, 2.05) is 30.3 Å². The largest absolute Gasteiger partial charge is 0.480 e. The van der Waals surface area contributed by atoms with E-state index >= 15 is 0 Å². The van der Waals surface area contributed by atoms with Gasteiger partial charge in [0, 0.05) is 40.2 Å². The lowest BCUT2D eigenvalue weighted by Crippen LogP contribution is -2.32. The third kappa shape index (κ3) is 7.69. The molecule has 8 nitrogen and oxygen atoms in total. The van der Waals surface area contributed by atoms with Crippen molar-refractivity contribution in [1.82, 2.24) is 15.3 Å². The van der Waals surface area contributed by atoms with Crippen LogP contribution in [0, 0.1) is 11.6 Å². The highest BCUT2D eigenvalue weighted by Gasteiger charge is 2.16. The third-order valence-corrected chi connectivity index (χ3v) is 5.43. The standard InChI is InChI=1S/C21H25N5O3.C6H4F2S/c1-21(2,3)29-20(27)25-11-15-8-13-7-12(5-6-17(13)26-18(15)23)14-9-16(22)19(28-4)24-10-14;7-4-1-2-6(9)5(8)3-4/h5-10H,11,22H2,1-4H3,(H2,23,26)(H,25,27);1-3,9H. The highest BCUT2D eigenvalue weighted by Crippen LogP contribution is 2.29. The normalized spacial score (nSPS) is 10.9. The summed E-state index contributed by atoms with van der Waals surface area (Å²) in [7, 11) is 1.53. The summed E-state index contributed by atoms with van der Waals surface area (Å²) in [5.41, 5.74) is 15.2. The number of carbonyl (C=O) groups excluding carboxylic acids is 1. The fraction of sp³-hybridized carbons (Fsp3) is 0.222. The summed E-state index contributed by atoms with van der Waals surface area (Å²) in [5.74, 6) is -0.459. The van der Waals surface area contributed by atoms with Gasteiger partial charge in [0.15, 0.2) is 0 Å². The quantitative estimate of drug-likeness (QED) is 0.243. The van der Waals surface area contributed by atoms with Gasteiger partial charge in [0.05, 0.1) is 18.3 Å². The number of hydrogen-bond acceptors (Lipinski definition) is 8. The van der Waals surface area contributed by atoms with Crippen molar-refractivity contribution in [2.24, 2.45) is 0 Å². The Morgan fingerprint density at radius 1 is 1.05 bits per heavy atom. The van der Waals surface area contributed by atoms with Crippen LogP contribution in [-0.2, 0) is 11.3 Å². The Morgan fingerprint density at radius 3 is 2.39 bits per heavy atom. The minimum absolute atomic E-state index is 0.163. The van der Waals surface area contributed by atoms with Crippen LogP contribution >= 0.6 is 12.6 Å². The molecule has 0 fully saturated rings. The molecule has 2 heterocycles. The molecule has 38 heavy (non-hydrogen) atoms. The molecule has 11 heteroatoms. The Hall–Kier alpha value is -4.12. The second-order valence-corrected chi connectivity index (χ2v) is 9.70. The van der Waals surface area contributed by atoms with Crippen LogP contribution in [0.5, 0.6) is 5.88 Å². The number of ether oxygens (including phenoxy) is 2. The average Bonchev–Trinajstić information content (AvgIpc) is 2.84. The van der Waals surface area contributed by atoms with Gasteiger partial charge in [0.2, 0.25) is 5.88 Å². The molecule has 0 radical (unpaired) electrons. The van der Waals surface area contributed by atoms with Gasteiger partial charge in [0.1, 0.15) is 23.1 Å². The van der Waals surface area contributed by atoms with E-state index < -0.39 is 23.3 Å². The number of aromatic nitrogens is 2. The van der Waals surface area contributed by atoms with Crippen molar-refractivity contribution in [3.63, 3.8) is 0 Å². The smallest absolute Gasteiger partial charge is 0.407 e. The van der Waals surface area contributed by atoms with E-state index in [-0.39, 0.29) is 11.4 Å². The van der Waals surface area contributed by atoms with E-state index in [0.29, 0.717) is 22.9 Å². The van der Waals surface area contributed by atoms with Gasteiger partial charge in [-0.3, -0.25) is 0 Å². The number of alkyl carbamates (subject to hydrolysis) is 1. The highest BCUT2D eigenvalue weighted by atomic mass is 32.1. The number of nitrogens with zero attached hydrogens (tertiary/aromatic N) is 2. The van der Waals surface area contributed by atoms with Gasteiger partial charge in [-0.1, -0.05) is 6.07 Å². The van der Waals surface area contributed by atoms with Crippen molar-refractivity contribution in [2.75, 3.05) is 18.6 Å². The average molecular weight is 542 g/mol. The van der Waals surface area contributed by atoms with E-state index in [1.54, 1.807) is 27.0 Å². The number of hydrogen-bond donors (Lipinski definition) is 4. The number of nitrogen functional groups attached to an aromatic ring is 2. The summed E-state index contributed by atoms with van der Waals surface area (Å²) < 4.78 is 34.7. The second-order valence-electron chi connectivity index (χ2n) is 9.21. The van der Waals surface area contributed by atoms with Crippen LogP contribution < -0.4 is 21.5 Å². The van der Waals surface area contributed by atoms with Crippen LogP contribution in [0.1, 0.15) is 26.3 Å². The van der Waals surface area contributed by atoms with Crippen LogP contribution in [-0.4, -0.2) is 28.8 Å². The number of methoxy groups -OCH3 is 1. The number of thiol groups is 1. The maximum absolute atomic E-state index is 12.3. The van der Waals surface area contributed by atoms with Crippen LogP contribution in [0.4, 0.5) is 25.1 Å². The monoisotopic (exact) mass is 541 g/mol. The van der Waals surface area contributed by atoms with Crippen molar-refractivity contribution in [1.29, 1.82) is 0 Å². The number of amides is 1. The second kappa shape index (κ2) is 12.0. The zero-order chi connectivity index (χ0) is 28.0. The van der Waals surface area contributed by atoms with E-state index in [9.17, 15) is 13.6 Å². The lowest BCUT2D eigenvalue weighted by atomic mass is 10.0. The van der Waals surface area contributed by atoms with Crippen LogP contribution in [0.15, 0.2) is 59.6 Å². The summed E-state index contributed by atoms with van der Waals surface area (Å²) in [6.07, 6.45) is 1.19. The third-order valence-electron chi connectivity index (χ3n) is 5.06. The fourth-order valence-corrected chi connectivity index (χ4v) is 3.46. The first-order chi connectivity index (χ1) is 17.9. The first kappa shape index (κ1) is 28.5. The summed E-state index contributed by atoms with van der Waals surface area (Å²) >= 11 is 3.70. The minimum atomic E-state index is -0.627. The Bertz CT molecular complexity index is 1460. The number of pyridine rings is 2. The van der Waals surface area contributed by atoms with Gasteiger partial charge in [-0.2, -0.15) is 0 Å². The molecule has 0 aliphatic carbocycles. The predicted octanol–water partition coefficient (Wildman–Crippen LogP) is 5.75. The lowest BCUT2D eigenvalue weighted by Gasteiger charge is -2.19. The Balaban J connectivity index is 0.000000375. The minimum Gasteiger partial charge on any atom is -0.480 e. The zero-order valence-corrected chi connectivity index (χ0v) is 22.3. The maximum atomic E-state index is 12.3. The number of anilines is 2. The molecule has 2 aromatic heterocycles. The van der Waals surface area contributed by atoms with Crippen molar-refractivity contribution < 1.29 is 23.0 Å². The predicted molar refractivity (Wildman–Crippen MR) is 147 cm³/mol. The molecule has 4 rings (SSSR count). The van der Waals surface area contributed by atoms with Crippen molar-refractivity contribution in [3.8, 4) is 17.0 Å². The molecule has 0 saturated carbocycles. The van der Waals surface area contributed by atoms with Gasteiger partial charge in [-0.25, -0.2) is 23.5 Å². The molecule has 0 aliphatic heterocycles. The lowest BCUT2D eigenvalue weighted by molar-refractivity contribution is 0.0523. The van der Waals surface area contributed by atoms with Crippen LogP contribution in [0.25, 0.3) is 22.0 Å². The Morgan fingerprint density at radius 2 is 1.79 bits per heavy atom. The molecule has 5 N–H and O–H groups in total. The van der Waals surface area contributed by atoms with Gasteiger partial charge in [-0.15, -0.1) is 12.6 Å². The van der Waals surface area contributed by atoms with E-state index in [2.05, 4.69) is 27.9 Å². The molecule has 0 unspecified atom stereocenters. The molecular formula is C27H29F2N5O3S. The molecule has 2 aromatic carbocycles. The Kier molecular flexibility index (Phi) is 8.95. The van der Waals surface area contributed by atoms with Crippen molar-refractivity contribution in [3.05, 3.63) is 71.9 Å². The molecule has 1 amide bonds. The summed E-state index contributed by atoms with van der Waals surface area (Å²) in [4.78, 5) is 20.7. The number of nitrogens with two attached hydrogens (primary N) is 2. The topological polar surface area (TPSA) is 125 Å².